The average molecular weight is 383 g/mol. The second-order valence-electron chi connectivity index (χ2n) is 7.45. The van der Waals surface area contributed by atoms with Gasteiger partial charge in [0.15, 0.2) is 11.0 Å². The molecule has 2 aromatic carbocycles. The number of carbonyl (C=O) groups excluding carboxylic acids is 2. The smallest absolute Gasteiger partial charge is 0.192 e. The first-order valence-electron chi connectivity index (χ1n) is 9.39. The van der Waals surface area contributed by atoms with Gasteiger partial charge in [-0.25, -0.2) is 0 Å². The number of benzene rings is 2. The first-order valence-corrected chi connectivity index (χ1v) is 10.9. The van der Waals surface area contributed by atoms with Crippen molar-refractivity contribution in [3.8, 4) is 0 Å². The van der Waals surface area contributed by atoms with Gasteiger partial charge in [0.25, 0.3) is 0 Å². The topological polar surface area (TPSA) is 60.2 Å². The van der Waals surface area contributed by atoms with Crippen LogP contribution in [0.15, 0.2) is 24.3 Å². The van der Waals surface area contributed by atoms with Gasteiger partial charge in [-0.1, -0.05) is 35.4 Å². The summed E-state index contributed by atoms with van der Waals surface area (Å²) in [5, 5.41) is 0. The maximum atomic E-state index is 13.5. The van der Waals surface area contributed by atoms with Crippen molar-refractivity contribution < 1.29 is 9.59 Å². The number of carbonyl (C=O) groups is 2. The van der Waals surface area contributed by atoms with E-state index in [0.717, 1.165) is 33.4 Å². The Morgan fingerprint density at radius 3 is 1.37 bits per heavy atom. The zero-order valence-electron chi connectivity index (χ0n) is 17.3. The molecule has 4 heteroatoms. The standard InChI is InChI=1S/C23H30NO2P/c1-14-10-16(3)20(17(4)11-14)22(25)27(9-7-8-24)23(26)21-18(5)12-15(2)13-19(21)6/h10-13H,7-9,24H2,1-6H3. The van der Waals surface area contributed by atoms with Gasteiger partial charge in [0.05, 0.1) is 0 Å². The Kier molecular flexibility index (Phi) is 7.08. The maximum absolute atomic E-state index is 13.5. The lowest BCUT2D eigenvalue weighted by Gasteiger charge is -2.20. The molecule has 0 heterocycles. The summed E-state index contributed by atoms with van der Waals surface area (Å²) >= 11 is 0. The van der Waals surface area contributed by atoms with Crippen molar-refractivity contribution in [2.24, 2.45) is 5.73 Å². The highest BCUT2D eigenvalue weighted by atomic mass is 31.1. The van der Waals surface area contributed by atoms with Gasteiger partial charge in [-0.2, -0.15) is 0 Å². The number of rotatable bonds is 7. The number of hydrogen-bond donors (Lipinski definition) is 1. The van der Waals surface area contributed by atoms with Crippen molar-refractivity contribution in [3.63, 3.8) is 0 Å². The van der Waals surface area contributed by atoms with E-state index in [1.807, 2.05) is 65.8 Å². The van der Waals surface area contributed by atoms with Gasteiger partial charge in [-0.3, -0.25) is 9.59 Å². The van der Waals surface area contributed by atoms with E-state index < -0.39 is 7.92 Å². The fourth-order valence-corrected chi connectivity index (χ4v) is 6.18. The van der Waals surface area contributed by atoms with E-state index in [9.17, 15) is 9.59 Å². The second-order valence-corrected chi connectivity index (χ2v) is 9.57. The van der Waals surface area contributed by atoms with E-state index in [-0.39, 0.29) is 11.0 Å². The van der Waals surface area contributed by atoms with E-state index in [0.29, 0.717) is 30.3 Å². The average Bonchev–Trinajstić information content (AvgIpc) is 2.53. The molecule has 0 spiro atoms. The maximum Gasteiger partial charge on any atom is 0.192 e. The molecule has 27 heavy (non-hydrogen) atoms. The van der Waals surface area contributed by atoms with E-state index in [4.69, 9.17) is 5.73 Å². The Bertz CT molecular complexity index is 770. The predicted molar refractivity (Wildman–Crippen MR) is 115 cm³/mol. The lowest BCUT2D eigenvalue weighted by atomic mass is 10.0. The molecule has 0 amide bonds. The molecule has 0 unspecified atom stereocenters. The van der Waals surface area contributed by atoms with E-state index in [1.165, 1.54) is 0 Å². The minimum atomic E-state index is -1.48. The lowest BCUT2D eigenvalue weighted by molar-refractivity contribution is 0.105. The van der Waals surface area contributed by atoms with Gasteiger partial charge in [0.1, 0.15) is 0 Å². The molecule has 144 valence electrons. The Morgan fingerprint density at radius 2 is 1.07 bits per heavy atom. The number of aryl methyl sites for hydroxylation is 6. The van der Waals surface area contributed by atoms with Gasteiger partial charge < -0.3 is 5.73 Å². The van der Waals surface area contributed by atoms with Crippen molar-refractivity contribution in [1.29, 1.82) is 0 Å². The largest absolute Gasteiger partial charge is 0.330 e. The fraction of sp³-hybridized carbons (Fsp3) is 0.391. The van der Waals surface area contributed by atoms with Crippen LogP contribution >= 0.6 is 7.92 Å². The van der Waals surface area contributed by atoms with Crippen LogP contribution in [0.1, 0.15) is 60.5 Å². The predicted octanol–water partition coefficient (Wildman–Crippen LogP) is 5.35. The zero-order chi connectivity index (χ0) is 20.3. The summed E-state index contributed by atoms with van der Waals surface area (Å²) in [5.74, 6) is 0. The molecule has 0 aliphatic rings. The Morgan fingerprint density at radius 1 is 0.741 bits per heavy atom. The summed E-state index contributed by atoms with van der Waals surface area (Å²) in [6.45, 7) is 12.3. The van der Waals surface area contributed by atoms with Gasteiger partial charge in [0.2, 0.25) is 0 Å². The summed E-state index contributed by atoms with van der Waals surface area (Å²) in [5.41, 5.74) is 13.1. The van der Waals surface area contributed by atoms with Crippen molar-refractivity contribution in [1.82, 2.24) is 0 Å². The quantitative estimate of drug-likeness (QED) is 0.656. The van der Waals surface area contributed by atoms with Gasteiger partial charge >= 0.3 is 0 Å². The molecule has 0 atom stereocenters. The van der Waals surface area contributed by atoms with Gasteiger partial charge in [0, 0.05) is 19.0 Å². The zero-order valence-corrected chi connectivity index (χ0v) is 18.2. The molecule has 0 saturated carbocycles. The van der Waals surface area contributed by atoms with Crippen molar-refractivity contribution in [2.45, 2.75) is 48.0 Å². The summed E-state index contributed by atoms with van der Waals surface area (Å²) < 4.78 is 0. The summed E-state index contributed by atoms with van der Waals surface area (Å²) in [6.07, 6.45) is 1.22. The molecule has 0 saturated heterocycles. The van der Waals surface area contributed by atoms with Crippen LogP contribution in [0.3, 0.4) is 0 Å². The van der Waals surface area contributed by atoms with Crippen LogP contribution in [0.4, 0.5) is 0 Å². The van der Waals surface area contributed by atoms with Crippen LogP contribution in [0, 0.1) is 41.5 Å². The third-order valence-electron chi connectivity index (χ3n) is 4.86. The van der Waals surface area contributed by atoms with Crippen LogP contribution in [-0.4, -0.2) is 23.8 Å². The Labute approximate surface area is 164 Å². The van der Waals surface area contributed by atoms with Gasteiger partial charge in [-0.15, -0.1) is 0 Å². The monoisotopic (exact) mass is 383 g/mol. The Balaban J connectivity index is 2.53. The summed E-state index contributed by atoms with van der Waals surface area (Å²) in [7, 11) is -1.48. The van der Waals surface area contributed by atoms with Crippen LogP contribution in [0.5, 0.6) is 0 Å². The SMILES string of the molecule is Cc1cc(C)c(C(=O)P(CCCN)C(=O)c2c(C)cc(C)cc2C)c(C)c1. The molecule has 0 bridgehead atoms. The highest BCUT2D eigenvalue weighted by Crippen LogP contribution is 2.46. The van der Waals surface area contributed by atoms with Crippen LogP contribution in [-0.2, 0) is 0 Å². The molecular weight excluding hydrogens is 353 g/mol. The first kappa shape index (κ1) is 21.5. The first-order chi connectivity index (χ1) is 12.7. The highest BCUT2D eigenvalue weighted by Gasteiger charge is 2.31. The molecule has 0 aliphatic carbocycles. The summed E-state index contributed by atoms with van der Waals surface area (Å²) in [6, 6.07) is 8.07. The Hall–Kier alpha value is -1.83. The van der Waals surface area contributed by atoms with Crippen LogP contribution in [0.25, 0.3) is 0 Å². The van der Waals surface area contributed by atoms with E-state index >= 15 is 0 Å². The highest BCUT2D eigenvalue weighted by molar-refractivity contribution is 7.90. The molecule has 0 fully saturated rings. The fourth-order valence-electron chi connectivity index (χ4n) is 3.85. The van der Waals surface area contributed by atoms with Crippen LogP contribution < -0.4 is 5.73 Å². The lowest BCUT2D eigenvalue weighted by Crippen LogP contribution is -2.15. The number of nitrogens with two attached hydrogens (primary N) is 1. The third kappa shape index (κ3) is 4.72. The van der Waals surface area contributed by atoms with Crippen LogP contribution in [0.2, 0.25) is 0 Å². The molecule has 0 radical (unpaired) electrons. The molecule has 3 nitrogen and oxygen atoms in total. The molecule has 2 rings (SSSR count). The summed E-state index contributed by atoms with van der Waals surface area (Å²) in [4.78, 5) is 27.0. The minimum absolute atomic E-state index is 0.0159. The minimum Gasteiger partial charge on any atom is -0.330 e. The molecule has 2 aromatic rings. The van der Waals surface area contributed by atoms with Gasteiger partial charge in [-0.05, 0) is 82.9 Å². The normalized spacial score (nSPS) is 11.1. The second kappa shape index (κ2) is 8.91. The van der Waals surface area contributed by atoms with Crippen molar-refractivity contribution in [2.75, 3.05) is 12.7 Å². The molecule has 2 N–H and O–H groups in total. The molecule has 0 aliphatic heterocycles. The van der Waals surface area contributed by atoms with Crippen molar-refractivity contribution in [3.05, 3.63) is 68.8 Å². The van der Waals surface area contributed by atoms with E-state index in [2.05, 4.69) is 0 Å². The van der Waals surface area contributed by atoms with E-state index in [1.54, 1.807) is 0 Å². The molecular formula is C23H30NO2P. The third-order valence-corrected chi connectivity index (χ3v) is 7.05. The van der Waals surface area contributed by atoms with Crippen molar-refractivity contribution >= 4 is 19.0 Å². The molecule has 0 aromatic heterocycles. The number of hydrogen-bond acceptors (Lipinski definition) is 3.